The Morgan fingerprint density at radius 3 is 2.64 bits per heavy atom. The highest BCUT2D eigenvalue weighted by Crippen LogP contribution is 2.31. The molecule has 152 valence electrons. The molecule has 1 amide bonds. The molecular formula is C20H28N3O5+. The SMILES string of the molecule is CCOC(=O)c1[nH]c2ccc(OC)cc2c1NC(=O)C[NH+]1C[C@@H](C)O[C@H](C)C1. The lowest BCUT2D eigenvalue weighted by Crippen LogP contribution is -3.16. The number of aromatic amines is 1. The van der Waals surface area contributed by atoms with Crippen molar-refractivity contribution in [3.05, 3.63) is 23.9 Å². The third-order valence-corrected chi connectivity index (χ3v) is 4.78. The second kappa shape index (κ2) is 8.62. The molecule has 3 rings (SSSR count). The van der Waals surface area contributed by atoms with Crippen LogP contribution in [0.1, 0.15) is 31.3 Å². The lowest BCUT2D eigenvalue weighted by molar-refractivity contribution is -0.907. The number of esters is 1. The Morgan fingerprint density at radius 1 is 1.29 bits per heavy atom. The molecule has 28 heavy (non-hydrogen) atoms. The van der Waals surface area contributed by atoms with Gasteiger partial charge in [-0.3, -0.25) is 4.79 Å². The number of fused-ring (bicyclic) bond motifs is 1. The first-order valence-electron chi connectivity index (χ1n) is 9.57. The second-order valence-corrected chi connectivity index (χ2v) is 7.15. The number of morpholine rings is 1. The van der Waals surface area contributed by atoms with Gasteiger partial charge in [-0.05, 0) is 39.0 Å². The minimum atomic E-state index is -0.506. The molecule has 1 saturated heterocycles. The van der Waals surface area contributed by atoms with Crippen molar-refractivity contribution in [3.8, 4) is 5.75 Å². The van der Waals surface area contributed by atoms with Gasteiger partial charge in [-0.25, -0.2) is 4.79 Å². The topological polar surface area (TPSA) is 94.1 Å². The number of hydrogen-bond donors (Lipinski definition) is 3. The van der Waals surface area contributed by atoms with E-state index in [-0.39, 0.29) is 30.4 Å². The molecule has 0 bridgehead atoms. The van der Waals surface area contributed by atoms with Gasteiger partial charge in [0.2, 0.25) is 0 Å². The summed E-state index contributed by atoms with van der Waals surface area (Å²) in [7, 11) is 1.57. The van der Waals surface area contributed by atoms with Crippen LogP contribution in [0.3, 0.4) is 0 Å². The van der Waals surface area contributed by atoms with Crippen LogP contribution in [0, 0.1) is 0 Å². The van der Waals surface area contributed by atoms with Crippen LogP contribution >= 0.6 is 0 Å². The molecule has 3 N–H and O–H groups in total. The first-order valence-corrected chi connectivity index (χ1v) is 9.57. The molecule has 8 nitrogen and oxygen atoms in total. The molecule has 0 saturated carbocycles. The summed E-state index contributed by atoms with van der Waals surface area (Å²) in [6.07, 6.45) is 0.220. The third kappa shape index (κ3) is 4.45. The summed E-state index contributed by atoms with van der Waals surface area (Å²) in [5, 5.41) is 3.62. The monoisotopic (exact) mass is 390 g/mol. The van der Waals surface area contributed by atoms with Crippen LogP contribution in [-0.2, 0) is 14.3 Å². The highest BCUT2D eigenvalue weighted by Gasteiger charge is 2.28. The number of hydrogen-bond acceptors (Lipinski definition) is 5. The number of amides is 1. The van der Waals surface area contributed by atoms with Crippen molar-refractivity contribution in [1.29, 1.82) is 0 Å². The normalized spacial score (nSPS) is 22.1. The molecule has 2 heterocycles. The van der Waals surface area contributed by atoms with E-state index in [0.29, 0.717) is 23.4 Å². The van der Waals surface area contributed by atoms with Gasteiger partial charge < -0.3 is 29.4 Å². The number of anilines is 1. The van der Waals surface area contributed by atoms with Gasteiger partial charge in [-0.1, -0.05) is 0 Å². The number of aromatic nitrogens is 1. The van der Waals surface area contributed by atoms with Crippen molar-refractivity contribution >= 4 is 28.5 Å². The molecule has 0 radical (unpaired) electrons. The zero-order valence-corrected chi connectivity index (χ0v) is 16.8. The number of rotatable bonds is 6. The van der Waals surface area contributed by atoms with E-state index in [0.717, 1.165) is 23.5 Å². The van der Waals surface area contributed by atoms with E-state index in [9.17, 15) is 9.59 Å². The fourth-order valence-corrected chi connectivity index (χ4v) is 3.73. The predicted molar refractivity (Wildman–Crippen MR) is 105 cm³/mol. The molecule has 0 unspecified atom stereocenters. The minimum absolute atomic E-state index is 0.110. The quantitative estimate of drug-likeness (QED) is 0.640. The minimum Gasteiger partial charge on any atom is -0.497 e. The number of methoxy groups -OCH3 is 1. The van der Waals surface area contributed by atoms with Crippen LogP contribution in [0.4, 0.5) is 5.69 Å². The molecule has 2 aromatic rings. The number of H-pyrrole nitrogens is 1. The Balaban J connectivity index is 1.86. The number of ether oxygens (including phenoxy) is 3. The Hall–Kier alpha value is -2.58. The Morgan fingerprint density at radius 2 is 2.00 bits per heavy atom. The molecule has 0 spiro atoms. The van der Waals surface area contributed by atoms with E-state index < -0.39 is 5.97 Å². The molecular weight excluding hydrogens is 362 g/mol. The Labute approximate surface area is 164 Å². The fourth-order valence-electron chi connectivity index (χ4n) is 3.73. The van der Waals surface area contributed by atoms with Gasteiger partial charge in [0.1, 0.15) is 36.7 Å². The summed E-state index contributed by atoms with van der Waals surface area (Å²) in [5.74, 6) is -0.0293. The molecule has 1 aromatic heterocycles. The summed E-state index contributed by atoms with van der Waals surface area (Å²) in [4.78, 5) is 29.3. The zero-order valence-electron chi connectivity index (χ0n) is 16.8. The van der Waals surface area contributed by atoms with Crippen molar-refractivity contribution < 1.29 is 28.7 Å². The highest BCUT2D eigenvalue weighted by molar-refractivity contribution is 6.11. The number of carbonyl (C=O) groups excluding carboxylic acids is 2. The van der Waals surface area contributed by atoms with Crippen molar-refractivity contribution in [3.63, 3.8) is 0 Å². The average molecular weight is 390 g/mol. The maximum Gasteiger partial charge on any atom is 0.356 e. The van der Waals surface area contributed by atoms with Gasteiger partial charge in [0.05, 0.1) is 19.4 Å². The molecule has 1 fully saturated rings. The molecule has 8 heteroatoms. The van der Waals surface area contributed by atoms with Crippen LogP contribution in [0.25, 0.3) is 10.9 Å². The van der Waals surface area contributed by atoms with Crippen LogP contribution in [0.2, 0.25) is 0 Å². The van der Waals surface area contributed by atoms with Gasteiger partial charge in [0, 0.05) is 10.9 Å². The number of carbonyl (C=O) groups is 2. The van der Waals surface area contributed by atoms with Crippen molar-refractivity contribution in [2.45, 2.75) is 33.0 Å². The smallest absolute Gasteiger partial charge is 0.356 e. The van der Waals surface area contributed by atoms with E-state index in [1.807, 2.05) is 19.9 Å². The number of nitrogens with one attached hydrogen (secondary N) is 3. The van der Waals surface area contributed by atoms with Crippen molar-refractivity contribution in [2.24, 2.45) is 0 Å². The number of quaternary nitrogens is 1. The zero-order chi connectivity index (χ0) is 20.3. The Kier molecular flexibility index (Phi) is 6.21. The first kappa shape index (κ1) is 20.2. The van der Waals surface area contributed by atoms with E-state index in [4.69, 9.17) is 14.2 Å². The predicted octanol–water partition coefficient (Wildman–Crippen LogP) is 0.984. The summed E-state index contributed by atoms with van der Waals surface area (Å²) in [5.41, 5.74) is 1.38. The lowest BCUT2D eigenvalue weighted by Gasteiger charge is -2.31. The largest absolute Gasteiger partial charge is 0.497 e. The summed E-state index contributed by atoms with van der Waals surface area (Å²) >= 11 is 0. The average Bonchev–Trinajstić information content (AvgIpc) is 2.98. The molecule has 1 aromatic carbocycles. The van der Waals surface area contributed by atoms with E-state index in [1.54, 1.807) is 26.2 Å². The van der Waals surface area contributed by atoms with E-state index >= 15 is 0 Å². The Bertz CT molecular complexity index is 853. The third-order valence-electron chi connectivity index (χ3n) is 4.78. The van der Waals surface area contributed by atoms with E-state index in [1.165, 1.54) is 0 Å². The second-order valence-electron chi connectivity index (χ2n) is 7.15. The summed E-state index contributed by atoms with van der Waals surface area (Å²) in [6, 6.07) is 5.39. The van der Waals surface area contributed by atoms with Gasteiger partial charge >= 0.3 is 5.97 Å². The van der Waals surface area contributed by atoms with Crippen LogP contribution in [0.5, 0.6) is 5.75 Å². The fraction of sp³-hybridized carbons (Fsp3) is 0.500. The molecule has 0 aliphatic carbocycles. The van der Waals surface area contributed by atoms with Gasteiger partial charge in [-0.2, -0.15) is 0 Å². The first-order chi connectivity index (χ1) is 13.4. The van der Waals surface area contributed by atoms with E-state index in [2.05, 4.69) is 10.3 Å². The van der Waals surface area contributed by atoms with Gasteiger partial charge in [0.25, 0.3) is 5.91 Å². The molecule has 2 atom stereocenters. The van der Waals surface area contributed by atoms with Crippen LogP contribution in [0.15, 0.2) is 18.2 Å². The van der Waals surface area contributed by atoms with Gasteiger partial charge in [0.15, 0.2) is 6.54 Å². The molecule has 1 aliphatic rings. The van der Waals surface area contributed by atoms with Crippen LogP contribution < -0.4 is 15.0 Å². The van der Waals surface area contributed by atoms with Crippen molar-refractivity contribution in [1.82, 2.24) is 4.98 Å². The summed E-state index contributed by atoms with van der Waals surface area (Å²) < 4.78 is 16.2. The van der Waals surface area contributed by atoms with Gasteiger partial charge in [-0.15, -0.1) is 0 Å². The maximum atomic E-state index is 12.8. The maximum absolute atomic E-state index is 12.8. The van der Waals surface area contributed by atoms with Crippen LogP contribution in [-0.4, -0.2) is 62.4 Å². The summed E-state index contributed by atoms with van der Waals surface area (Å²) in [6.45, 7) is 7.85. The highest BCUT2D eigenvalue weighted by atomic mass is 16.5. The number of benzene rings is 1. The molecule has 1 aliphatic heterocycles. The van der Waals surface area contributed by atoms with Crippen molar-refractivity contribution in [2.75, 3.05) is 38.7 Å². The standard InChI is InChI=1S/C20H27N3O5/c1-5-27-20(25)19-18(15-8-14(26-4)6-7-16(15)21-19)22-17(24)11-23-9-12(2)28-13(3)10-23/h6-8,12-13,21H,5,9-11H2,1-4H3,(H,22,24)/p+1/t12-,13-/m1/s1. The lowest BCUT2D eigenvalue weighted by atomic mass is 10.2.